The zero-order valence-electron chi connectivity index (χ0n) is 9.39. The molecule has 0 spiro atoms. The van der Waals surface area contributed by atoms with E-state index >= 15 is 0 Å². The highest BCUT2D eigenvalue weighted by Crippen LogP contribution is 2.38. The molecule has 0 bridgehead atoms. The van der Waals surface area contributed by atoms with Gasteiger partial charge in [0.05, 0.1) is 5.56 Å². The molecule has 1 aromatic rings. The molecule has 0 saturated carbocycles. The van der Waals surface area contributed by atoms with Gasteiger partial charge in [0.1, 0.15) is 0 Å². The molecule has 1 rings (SSSR count). The average molecular weight is 423 g/mol. The first kappa shape index (κ1) is 18.3. The number of pyridine rings is 1. The lowest BCUT2D eigenvalue weighted by Gasteiger charge is -2.16. The van der Waals surface area contributed by atoms with Crippen molar-refractivity contribution in [2.75, 3.05) is 0 Å². The Balaban J connectivity index is 3.67. The van der Waals surface area contributed by atoms with Crippen molar-refractivity contribution < 1.29 is 39.5 Å². The SMILES string of the molecule is O=S(=O)(Cl)c1nc(OC(F)(F)F)cc(C(F)(F)F)c1CBr. The molecule has 0 saturated heterocycles. The molecule has 4 nitrogen and oxygen atoms in total. The smallest absolute Gasteiger partial charge is 0.388 e. The molecule has 0 radical (unpaired) electrons. The zero-order chi connectivity index (χ0) is 16.6. The lowest BCUT2D eigenvalue weighted by molar-refractivity contribution is -0.276. The number of ether oxygens (including phenoxy) is 1. The first-order chi connectivity index (χ1) is 9.25. The van der Waals surface area contributed by atoms with Gasteiger partial charge in [-0.1, -0.05) is 15.9 Å². The normalized spacial score (nSPS) is 13.3. The monoisotopic (exact) mass is 421 g/mol. The van der Waals surface area contributed by atoms with Gasteiger partial charge in [0.2, 0.25) is 5.88 Å². The van der Waals surface area contributed by atoms with E-state index in [4.69, 9.17) is 10.7 Å². The van der Waals surface area contributed by atoms with Crippen LogP contribution in [0.1, 0.15) is 11.1 Å². The summed E-state index contributed by atoms with van der Waals surface area (Å²) in [6.07, 6.45) is -10.5. The molecule has 0 atom stereocenters. The molecule has 0 N–H and O–H groups in total. The molecule has 1 heterocycles. The summed E-state index contributed by atoms with van der Waals surface area (Å²) in [4.78, 5) is 2.88. The van der Waals surface area contributed by atoms with E-state index in [1.165, 1.54) is 0 Å². The molecule has 120 valence electrons. The highest BCUT2D eigenvalue weighted by molar-refractivity contribution is 9.08. The van der Waals surface area contributed by atoms with Crippen LogP contribution in [-0.2, 0) is 20.6 Å². The van der Waals surface area contributed by atoms with Crippen LogP contribution in [0.4, 0.5) is 26.3 Å². The molecule has 21 heavy (non-hydrogen) atoms. The number of hydrogen-bond donors (Lipinski definition) is 0. The number of rotatable bonds is 3. The zero-order valence-corrected chi connectivity index (χ0v) is 12.5. The van der Waals surface area contributed by atoms with Gasteiger partial charge in [-0.25, -0.2) is 8.42 Å². The number of aromatic nitrogens is 1. The third-order valence-corrected chi connectivity index (χ3v) is 3.75. The van der Waals surface area contributed by atoms with Crippen LogP contribution in [0.5, 0.6) is 5.88 Å². The van der Waals surface area contributed by atoms with Gasteiger partial charge in [0.15, 0.2) is 5.03 Å². The van der Waals surface area contributed by atoms with Crippen molar-refractivity contribution in [1.29, 1.82) is 0 Å². The molecule has 0 aliphatic rings. The van der Waals surface area contributed by atoms with Crippen LogP contribution in [0, 0.1) is 0 Å². The van der Waals surface area contributed by atoms with E-state index in [-0.39, 0.29) is 6.07 Å². The van der Waals surface area contributed by atoms with Gasteiger partial charge in [-0.15, -0.1) is 13.2 Å². The fourth-order valence-corrected chi connectivity index (χ4v) is 3.09. The van der Waals surface area contributed by atoms with Gasteiger partial charge in [0, 0.05) is 27.6 Å². The number of alkyl halides is 7. The fraction of sp³-hybridized carbons (Fsp3) is 0.375. The van der Waals surface area contributed by atoms with Gasteiger partial charge in [0.25, 0.3) is 9.05 Å². The molecule has 0 amide bonds. The van der Waals surface area contributed by atoms with Gasteiger partial charge in [-0.05, 0) is 0 Å². The Hall–Kier alpha value is -0.750. The average Bonchev–Trinajstić information content (AvgIpc) is 2.23. The molecule has 0 unspecified atom stereocenters. The maximum Gasteiger partial charge on any atom is 0.574 e. The standard InChI is InChI=1S/C8H3BrClF6NO3S/c9-2-3-4(7(11,12)13)1-5(20-8(14,15)16)17-6(3)21(10,18)19/h1H,2H2. The Morgan fingerprint density at radius 2 is 1.76 bits per heavy atom. The first-order valence-corrected chi connectivity index (χ1v) is 8.06. The van der Waals surface area contributed by atoms with E-state index in [0.29, 0.717) is 0 Å². The van der Waals surface area contributed by atoms with E-state index < -0.39 is 49.0 Å². The summed E-state index contributed by atoms with van der Waals surface area (Å²) in [5, 5.41) is -2.02. The fourth-order valence-electron chi connectivity index (χ4n) is 1.28. The highest BCUT2D eigenvalue weighted by atomic mass is 79.9. The van der Waals surface area contributed by atoms with Crippen LogP contribution in [0.25, 0.3) is 0 Å². The van der Waals surface area contributed by atoms with Crippen molar-refractivity contribution in [1.82, 2.24) is 4.98 Å². The lowest BCUT2D eigenvalue weighted by Crippen LogP contribution is -2.20. The predicted octanol–water partition coefficient (Wildman–Crippen LogP) is 3.82. The molecule has 1 aromatic heterocycles. The van der Waals surface area contributed by atoms with Crippen LogP contribution >= 0.6 is 26.6 Å². The van der Waals surface area contributed by atoms with Crippen molar-refractivity contribution in [3.05, 3.63) is 17.2 Å². The number of hydrogen-bond acceptors (Lipinski definition) is 4. The van der Waals surface area contributed by atoms with Gasteiger partial charge < -0.3 is 4.74 Å². The molecule has 13 heteroatoms. The summed E-state index contributed by atoms with van der Waals surface area (Å²) in [5.41, 5.74) is -2.58. The second-order valence-corrected chi connectivity index (χ2v) is 6.45. The van der Waals surface area contributed by atoms with Crippen molar-refractivity contribution in [3.63, 3.8) is 0 Å². The molecular formula is C8H3BrClF6NO3S. The third-order valence-electron chi connectivity index (χ3n) is 1.95. The van der Waals surface area contributed by atoms with Gasteiger partial charge >= 0.3 is 12.5 Å². The van der Waals surface area contributed by atoms with Crippen molar-refractivity contribution in [3.8, 4) is 5.88 Å². The molecule has 0 aliphatic heterocycles. The minimum absolute atomic E-state index is 0.0599. The van der Waals surface area contributed by atoms with E-state index in [9.17, 15) is 34.8 Å². The van der Waals surface area contributed by atoms with Crippen molar-refractivity contribution in [2.24, 2.45) is 0 Å². The maximum atomic E-state index is 12.8. The Morgan fingerprint density at radius 3 is 2.10 bits per heavy atom. The van der Waals surface area contributed by atoms with E-state index in [1.807, 2.05) is 0 Å². The van der Waals surface area contributed by atoms with E-state index in [2.05, 4.69) is 25.7 Å². The molecule has 0 fully saturated rings. The summed E-state index contributed by atoms with van der Waals surface area (Å²) < 4.78 is 100. The predicted molar refractivity (Wildman–Crippen MR) is 61.6 cm³/mol. The summed E-state index contributed by atoms with van der Waals surface area (Å²) in [7, 11) is 0.0698. The topological polar surface area (TPSA) is 56.3 Å². The van der Waals surface area contributed by atoms with Gasteiger partial charge in [-0.3, -0.25) is 0 Å². The Bertz CT molecular complexity index is 645. The summed E-state index contributed by atoms with van der Waals surface area (Å²) >= 11 is 2.60. The minimum Gasteiger partial charge on any atom is -0.388 e. The molecule has 0 aromatic carbocycles. The van der Waals surface area contributed by atoms with Crippen molar-refractivity contribution >= 4 is 35.7 Å². The number of halogens is 8. The lowest BCUT2D eigenvalue weighted by atomic mass is 10.1. The van der Waals surface area contributed by atoms with Gasteiger partial charge in [-0.2, -0.15) is 18.2 Å². The second kappa shape index (κ2) is 5.80. The van der Waals surface area contributed by atoms with Crippen LogP contribution in [0.15, 0.2) is 11.1 Å². The van der Waals surface area contributed by atoms with Crippen LogP contribution in [-0.4, -0.2) is 19.8 Å². The Labute approximate surface area is 126 Å². The Morgan fingerprint density at radius 1 is 1.24 bits per heavy atom. The van der Waals surface area contributed by atoms with Crippen LogP contribution in [0.3, 0.4) is 0 Å². The summed E-state index contributed by atoms with van der Waals surface area (Å²) in [6, 6.07) is -0.0599. The molecular weight excluding hydrogens is 420 g/mol. The maximum absolute atomic E-state index is 12.8. The molecule has 0 aliphatic carbocycles. The van der Waals surface area contributed by atoms with Crippen LogP contribution < -0.4 is 4.74 Å². The third kappa shape index (κ3) is 4.88. The largest absolute Gasteiger partial charge is 0.574 e. The number of nitrogens with zero attached hydrogens (tertiary/aromatic N) is 1. The highest BCUT2D eigenvalue weighted by Gasteiger charge is 2.39. The van der Waals surface area contributed by atoms with E-state index in [0.717, 1.165) is 0 Å². The quantitative estimate of drug-likeness (QED) is 0.422. The van der Waals surface area contributed by atoms with Crippen LogP contribution in [0.2, 0.25) is 0 Å². The first-order valence-electron chi connectivity index (χ1n) is 4.63. The summed E-state index contributed by atoms with van der Waals surface area (Å²) in [6.45, 7) is 0. The van der Waals surface area contributed by atoms with E-state index in [1.54, 1.807) is 0 Å². The van der Waals surface area contributed by atoms with Crippen molar-refractivity contribution in [2.45, 2.75) is 22.9 Å². The Kier molecular flexibility index (Phi) is 5.05. The summed E-state index contributed by atoms with van der Waals surface area (Å²) in [5.74, 6) is -1.58. The second-order valence-electron chi connectivity index (χ2n) is 3.41. The minimum atomic E-state index is -5.35.